The standard InChI is InChI=1S/C12H12N2O2S/c1-2-9(12(15)16)10-7-17-11(14-10)8-4-3-5-13-6-8/h3-7,9H,2H2,1H3,(H,15,16). The summed E-state index contributed by atoms with van der Waals surface area (Å²) in [5, 5.41) is 11.7. The fourth-order valence-electron chi connectivity index (χ4n) is 1.58. The zero-order valence-electron chi connectivity index (χ0n) is 9.33. The van der Waals surface area contributed by atoms with E-state index in [1.165, 1.54) is 11.3 Å². The number of thiazole rings is 1. The third-order valence-corrected chi connectivity index (χ3v) is 3.40. The molecule has 88 valence electrons. The Hall–Kier alpha value is -1.75. The van der Waals surface area contributed by atoms with Crippen LogP contribution in [0.5, 0.6) is 0 Å². The summed E-state index contributed by atoms with van der Waals surface area (Å²) in [5.74, 6) is -1.34. The second kappa shape index (κ2) is 5.05. The van der Waals surface area contributed by atoms with Crippen LogP contribution in [0.15, 0.2) is 29.9 Å². The van der Waals surface area contributed by atoms with Crippen LogP contribution in [0, 0.1) is 0 Å². The van der Waals surface area contributed by atoms with Crippen LogP contribution >= 0.6 is 11.3 Å². The van der Waals surface area contributed by atoms with Crippen molar-refractivity contribution >= 4 is 17.3 Å². The quantitative estimate of drug-likeness (QED) is 0.903. The predicted octanol–water partition coefficient (Wildman–Crippen LogP) is 2.78. The molecule has 0 aliphatic heterocycles. The van der Waals surface area contributed by atoms with E-state index in [-0.39, 0.29) is 0 Å². The topological polar surface area (TPSA) is 63.1 Å². The number of carboxylic acids is 1. The highest BCUT2D eigenvalue weighted by molar-refractivity contribution is 7.13. The van der Waals surface area contributed by atoms with Crippen molar-refractivity contribution in [1.82, 2.24) is 9.97 Å². The van der Waals surface area contributed by atoms with Crippen molar-refractivity contribution in [3.63, 3.8) is 0 Å². The minimum absolute atomic E-state index is 0.517. The van der Waals surface area contributed by atoms with Gasteiger partial charge in [0.25, 0.3) is 0 Å². The van der Waals surface area contributed by atoms with Gasteiger partial charge in [0, 0.05) is 23.3 Å². The lowest BCUT2D eigenvalue weighted by Gasteiger charge is -2.04. The van der Waals surface area contributed by atoms with E-state index < -0.39 is 11.9 Å². The molecule has 0 saturated heterocycles. The van der Waals surface area contributed by atoms with Crippen LogP contribution < -0.4 is 0 Å². The van der Waals surface area contributed by atoms with E-state index in [9.17, 15) is 4.79 Å². The van der Waals surface area contributed by atoms with E-state index >= 15 is 0 Å². The van der Waals surface area contributed by atoms with Crippen molar-refractivity contribution < 1.29 is 9.90 Å². The van der Waals surface area contributed by atoms with E-state index in [4.69, 9.17) is 5.11 Å². The normalized spacial score (nSPS) is 12.3. The predicted molar refractivity (Wildman–Crippen MR) is 66.0 cm³/mol. The Kier molecular flexibility index (Phi) is 3.49. The summed E-state index contributed by atoms with van der Waals surface area (Å²) in [6, 6.07) is 3.75. The number of carboxylic acid groups (broad SMARTS) is 1. The van der Waals surface area contributed by atoms with E-state index in [1.807, 2.05) is 24.4 Å². The molecule has 0 amide bonds. The third-order valence-electron chi connectivity index (χ3n) is 2.49. The zero-order valence-corrected chi connectivity index (χ0v) is 10.1. The first kappa shape index (κ1) is 11.7. The van der Waals surface area contributed by atoms with E-state index in [2.05, 4.69) is 9.97 Å². The number of aliphatic carboxylic acids is 1. The van der Waals surface area contributed by atoms with Crippen LogP contribution in [-0.4, -0.2) is 21.0 Å². The van der Waals surface area contributed by atoms with E-state index in [1.54, 1.807) is 12.4 Å². The average Bonchev–Trinajstić information content (AvgIpc) is 2.80. The van der Waals surface area contributed by atoms with E-state index in [0.717, 1.165) is 10.6 Å². The summed E-state index contributed by atoms with van der Waals surface area (Å²) in [7, 11) is 0. The van der Waals surface area contributed by atoms with Gasteiger partial charge in [0.05, 0.1) is 11.6 Å². The van der Waals surface area contributed by atoms with Crippen molar-refractivity contribution in [3.8, 4) is 10.6 Å². The molecule has 1 atom stereocenters. The molecule has 2 aromatic rings. The van der Waals surface area contributed by atoms with Crippen molar-refractivity contribution in [2.24, 2.45) is 0 Å². The second-order valence-corrected chi connectivity index (χ2v) is 4.48. The Morgan fingerprint density at radius 1 is 1.59 bits per heavy atom. The van der Waals surface area contributed by atoms with Gasteiger partial charge < -0.3 is 5.11 Å². The van der Waals surface area contributed by atoms with Gasteiger partial charge in [-0.15, -0.1) is 11.3 Å². The van der Waals surface area contributed by atoms with Crippen LogP contribution in [0.4, 0.5) is 0 Å². The van der Waals surface area contributed by atoms with E-state index in [0.29, 0.717) is 12.1 Å². The molecule has 5 heteroatoms. The van der Waals surface area contributed by atoms with Gasteiger partial charge >= 0.3 is 5.97 Å². The fourth-order valence-corrected chi connectivity index (χ4v) is 2.44. The Labute approximate surface area is 103 Å². The maximum atomic E-state index is 11.0. The van der Waals surface area contributed by atoms with Crippen molar-refractivity contribution in [1.29, 1.82) is 0 Å². The number of aromatic nitrogens is 2. The van der Waals surface area contributed by atoms with Crippen molar-refractivity contribution in [2.75, 3.05) is 0 Å². The SMILES string of the molecule is CCC(C(=O)O)c1csc(-c2cccnc2)n1. The number of nitrogens with zero attached hydrogens (tertiary/aromatic N) is 2. The summed E-state index contributed by atoms with van der Waals surface area (Å²) in [4.78, 5) is 19.4. The average molecular weight is 248 g/mol. The lowest BCUT2D eigenvalue weighted by molar-refractivity contribution is -0.138. The molecule has 17 heavy (non-hydrogen) atoms. The minimum atomic E-state index is -0.824. The molecule has 1 N–H and O–H groups in total. The Bertz CT molecular complexity index is 510. The van der Waals surface area contributed by atoms with Gasteiger partial charge in [-0.05, 0) is 18.6 Å². The molecule has 0 fully saturated rings. The first-order valence-corrected chi connectivity index (χ1v) is 6.19. The summed E-state index contributed by atoms with van der Waals surface area (Å²) < 4.78 is 0. The number of hydrogen-bond donors (Lipinski definition) is 1. The highest BCUT2D eigenvalue weighted by Gasteiger charge is 2.20. The number of carbonyl (C=O) groups is 1. The van der Waals surface area contributed by atoms with Gasteiger partial charge in [-0.2, -0.15) is 0 Å². The molecule has 0 aromatic carbocycles. The summed E-state index contributed by atoms with van der Waals surface area (Å²) in [6.45, 7) is 1.85. The first-order chi connectivity index (χ1) is 8.22. The second-order valence-electron chi connectivity index (χ2n) is 3.62. The minimum Gasteiger partial charge on any atom is -0.481 e. The van der Waals surface area contributed by atoms with Crippen molar-refractivity contribution in [3.05, 3.63) is 35.6 Å². The van der Waals surface area contributed by atoms with Crippen LogP contribution in [0.1, 0.15) is 25.0 Å². The largest absolute Gasteiger partial charge is 0.481 e. The first-order valence-electron chi connectivity index (χ1n) is 5.31. The maximum absolute atomic E-state index is 11.0. The van der Waals surface area contributed by atoms with Crippen LogP contribution in [0.3, 0.4) is 0 Å². The molecule has 0 aliphatic carbocycles. The molecule has 0 bridgehead atoms. The highest BCUT2D eigenvalue weighted by atomic mass is 32.1. The molecular formula is C12H12N2O2S. The molecule has 2 heterocycles. The zero-order chi connectivity index (χ0) is 12.3. The molecule has 0 radical (unpaired) electrons. The van der Waals surface area contributed by atoms with Crippen LogP contribution in [0.25, 0.3) is 10.6 Å². The molecule has 2 aromatic heterocycles. The van der Waals surface area contributed by atoms with Gasteiger partial charge in [0.15, 0.2) is 0 Å². The van der Waals surface area contributed by atoms with Crippen LogP contribution in [0.2, 0.25) is 0 Å². The monoisotopic (exact) mass is 248 g/mol. The summed E-state index contributed by atoms with van der Waals surface area (Å²) >= 11 is 1.45. The molecule has 0 aliphatic rings. The molecule has 1 unspecified atom stereocenters. The number of rotatable bonds is 4. The van der Waals surface area contributed by atoms with Crippen molar-refractivity contribution in [2.45, 2.75) is 19.3 Å². The molecule has 2 rings (SSSR count). The lowest BCUT2D eigenvalue weighted by Crippen LogP contribution is -2.10. The van der Waals surface area contributed by atoms with Gasteiger partial charge in [-0.3, -0.25) is 9.78 Å². The number of pyridine rings is 1. The Morgan fingerprint density at radius 2 is 2.41 bits per heavy atom. The Balaban J connectivity index is 2.30. The smallest absolute Gasteiger partial charge is 0.312 e. The van der Waals surface area contributed by atoms with Gasteiger partial charge in [0.1, 0.15) is 5.01 Å². The summed E-state index contributed by atoms with van der Waals surface area (Å²) in [6.07, 6.45) is 3.97. The lowest BCUT2D eigenvalue weighted by atomic mass is 10.0. The molecule has 0 spiro atoms. The summed E-state index contributed by atoms with van der Waals surface area (Å²) in [5.41, 5.74) is 1.55. The molecule has 4 nitrogen and oxygen atoms in total. The fraction of sp³-hybridized carbons (Fsp3) is 0.250. The molecular weight excluding hydrogens is 236 g/mol. The highest BCUT2D eigenvalue weighted by Crippen LogP contribution is 2.27. The third kappa shape index (κ3) is 2.50. The maximum Gasteiger partial charge on any atom is 0.312 e. The van der Waals surface area contributed by atoms with Crippen LogP contribution in [-0.2, 0) is 4.79 Å². The number of hydrogen-bond acceptors (Lipinski definition) is 4. The van der Waals surface area contributed by atoms with Gasteiger partial charge in [0.2, 0.25) is 0 Å². The molecule has 0 saturated carbocycles. The Morgan fingerprint density at radius 3 is 3.00 bits per heavy atom. The van der Waals surface area contributed by atoms with Gasteiger partial charge in [-0.25, -0.2) is 4.98 Å². The van der Waals surface area contributed by atoms with Gasteiger partial charge in [-0.1, -0.05) is 6.92 Å².